The summed E-state index contributed by atoms with van der Waals surface area (Å²) >= 11 is 0. The summed E-state index contributed by atoms with van der Waals surface area (Å²) in [6, 6.07) is 3.71. The fourth-order valence-corrected chi connectivity index (χ4v) is 1.62. The Labute approximate surface area is 114 Å². The van der Waals surface area contributed by atoms with Gasteiger partial charge in [-0.25, -0.2) is 0 Å². The minimum Gasteiger partial charge on any atom is -0.324 e. The summed E-state index contributed by atoms with van der Waals surface area (Å²) in [5.41, 5.74) is 3.96. The number of carbonyl (C=O) groups excluding carboxylic acids is 1. The Morgan fingerprint density at radius 3 is 2.65 bits per heavy atom. The van der Waals surface area contributed by atoms with E-state index in [4.69, 9.17) is 11.0 Å². The molecule has 7 heteroatoms. The van der Waals surface area contributed by atoms with E-state index < -0.39 is 29.4 Å². The first-order valence-corrected chi connectivity index (χ1v) is 5.97. The third-order valence-electron chi connectivity index (χ3n) is 2.65. The van der Waals surface area contributed by atoms with Gasteiger partial charge in [-0.2, -0.15) is 18.4 Å². The summed E-state index contributed by atoms with van der Waals surface area (Å²) in [4.78, 5) is 11.7. The summed E-state index contributed by atoms with van der Waals surface area (Å²) in [7, 11) is 0. The predicted octanol–water partition coefficient (Wildman–Crippen LogP) is 2.64. The Kier molecular flexibility index (Phi) is 5.11. The third kappa shape index (κ3) is 3.96. The Balaban J connectivity index is 3.07. The summed E-state index contributed by atoms with van der Waals surface area (Å²) < 4.78 is 38.6. The van der Waals surface area contributed by atoms with E-state index in [9.17, 15) is 18.0 Å². The molecule has 0 bridgehead atoms. The minimum absolute atomic E-state index is 0.131. The van der Waals surface area contributed by atoms with E-state index in [1.165, 1.54) is 6.07 Å². The summed E-state index contributed by atoms with van der Waals surface area (Å²) in [6.07, 6.45) is -3.64. The minimum atomic E-state index is -4.66. The van der Waals surface area contributed by atoms with E-state index in [2.05, 4.69) is 5.32 Å². The molecule has 0 saturated carbocycles. The van der Waals surface area contributed by atoms with Crippen LogP contribution >= 0.6 is 0 Å². The SMILES string of the molecule is CCC[C@H](N)C(=O)Nc1ccc(C#N)cc1C(F)(F)F. The van der Waals surface area contributed by atoms with Crippen molar-refractivity contribution in [2.45, 2.75) is 32.0 Å². The lowest BCUT2D eigenvalue weighted by atomic mass is 10.1. The molecule has 0 aliphatic carbocycles. The lowest BCUT2D eigenvalue weighted by molar-refractivity contribution is -0.137. The molecular formula is C13H14F3N3O. The van der Waals surface area contributed by atoms with Crippen LogP contribution in [0.15, 0.2) is 18.2 Å². The second kappa shape index (κ2) is 6.39. The highest BCUT2D eigenvalue weighted by molar-refractivity contribution is 5.95. The topological polar surface area (TPSA) is 78.9 Å². The number of nitrogens with one attached hydrogen (secondary N) is 1. The van der Waals surface area contributed by atoms with Crippen molar-refractivity contribution >= 4 is 11.6 Å². The first-order valence-electron chi connectivity index (χ1n) is 5.97. The highest BCUT2D eigenvalue weighted by Crippen LogP contribution is 2.35. The third-order valence-corrected chi connectivity index (χ3v) is 2.65. The number of nitriles is 1. The molecule has 1 rings (SSSR count). The van der Waals surface area contributed by atoms with Crippen LogP contribution in [0.2, 0.25) is 0 Å². The first-order chi connectivity index (χ1) is 9.29. The number of amides is 1. The quantitative estimate of drug-likeness (QED) is 0.892. The van der Waals surface area contributed by atoms with E-state index in [0.717, 1.165) is 6.07 Å². The van der Waals surface area contributed by atoms with E-state index in [0.29, 0.717) is 18.9 Å². The zero-order valence-electron chi connectivity index (χ0n) is 10.8. The maximum Gasteiger partial charge on any atom is 0.418 e. The molecule has 0 aromatic heterocycles. The average Bonchev–Trinajstić information content (AvgIpc) is 2.38. The van der Waals surface area contributed by atoms with Gasteiger partial charge in [0.25, 0.3) is 0 Å². The normalized spacial score (nSPS) is 12.6. The van der Waals surface area contributed by atoms with E-state index in [1.807, 2.05) is 6.92 Å². The van der Waals surface area contributed by atoms with Crippen LogP contribution in [0.1, 0.15) is 30.9 Å². The molecule has 0 saturated heterocycles. The molecule has 0 radical (unpaired) electrons. The van der Waals surface area contributed by atoms with Crippen molar-refractivity contribution in [2.75, 3.05) is 5.32 Å². The zero-order chi connectivity index (χ0) is 15.3. The molecular weight excluding hydrogens is 271 g/mol. The van der Waals surface area contributed by atoms with E-state index >= 15 is 0 Å². The van der Waals surface area contributed by atoms with Gasteiger partial charge in [0, 0.05) is 0 Å². The van der Waals surface area contributed by atoms with E-state index in [1.54, 1.807) is 6.07 Å². The number of nitrogens with two attached hydrogens (primary N) is 1. The molecule has 0 aliphatic rings. The number of alkyl halides is 3. The molecule has 108 valence electrons. The van der Waals surface area contributed by atoms with Gasteiger partial charge in [0.15, 0.2) is 0 Å². The Bertz CT molecular complexity index is 535. The zero-order valence-corrected chi connectivity index (χ0v) is 10.8. The van der Waals surface area contributed by atoms with Crippen LogP contribution in [-0.2, 0) is 11.0 Å². The number of halogens is 3. The van der Waals surface area contributed by atoms with Crippen molar-refractivity contribution in [3.63, 3.8) is 0 Å². The first kappa shape index (κ1) is 16.0. The largest absolute Gasteiger partial charge is 0.418 e. The molecule has 4 nitrogen and oxygen atoms in total. The van der Waals surface area contributed by atoms with Crippen molar-refractivity contribution in [3.8, 4) is 6.07 Å². The molecule has 0 spiro atoms. The number of benzene rings is 1. The van der Waals surface area contributed by atoms with Gasteiger partial charge in [-0.15, -0.1) is 0 Å². The van der Waals surface area contributed by atoms with Crippen molar-refractivity contribution in [2.24, 2.45) is 5.73 Å². The molecule has 1 aromatic rings. The second-order valence-electron chi connectivity index (χ2n) is 4.25. The van der Waals surface area contributed by atoms with Gasteiger partial charge in [-0.1, -0.05) is 13.3 Å². The van der Waals surface area contributed by atoms with Crippen LogP contribution < -0.4 is 11.1 Å². The number of carbonyl (C=O) groups is 1. The average molecular weight is 285 g/mol. The summed E-state index contributed by atoms with van der Waals surface area (Å²) in [5.74, 6) is -0.679. The van der Waals surface area contributed by atoms with Crippen LogP contribution in [0.5, 0.6) is 0 Å². The molecule has 0 fully saturated rings. The van der Waals surface area contributed by atoms with Gasteiger partial charge in [-0.3, -0.25) is 4.79 Å². The van der Waals surface area contributed by atoms with Gasteiger partial charge in [0.1, 0.15) is 0 Å². The maximum absolute atomic E-state index is 12.9. The van der Waals surface area contributed by atoms with Gasteiger partial charge in [-0.05, 0) is 24.6 Å². The molecule has 1 aromatic carbocycles. The molecule has 20 heavy (non-hydrogen) atoms. The van der Waals surface area contributed by atoms with Gasteiger partial charge in [0.05, 0.1) is 28.9 Å². The highest BCUT2D eigenvalue weighted by atomic mass is 19.4. The lowest BCUT2D eigenvalue weighted by Crippen LogP contribution is -2.35. The smallest absolute Gasteiger partial charge is 0.324 e. The lowest BCUT2D eigenvalue weighted by Gasteiger charge is -2.16. The fourth-order valence-electron chi connectivity index (χ4n) is 1.62. The van der Waals surface area contributed by atoms with Crippen molar-refractivity contribution < 1.29 is 18.0 Å². The fraction of sp³-hybridized carbons (Fsp3) is 0.385. The maximum atomic E-state index is 12.9. The van der Waals surface area contributed by atoms with Crippen molar-refractivity contribution in [1.82, 2.24) is 0 Å². The Morgan fingerprint density at radius 1 is 1.50 bits per heavy atom. The Hall–Kier alpha value is -2.07. The number of hydrogen-bond acceptors (Lipinski definition) is 3. The molecule has 1 amide bonds. The van der Waals surface area contributed by atoms with Crippen LogP contribution in [-0.4, -0.2) is 11.9 Å². The number of hydrogen-bond donors (Lipinski definition) is 2. The van der Waals surface area contributed by atoms with E-state index in [-0.39, 0.29) is 5.56 Å². The molecule has 1 atom stereocenters. The molecule has 0 aliphatic heterocycles. The van der Waals surface area contributed by atoms with Gasteiger partial charge in [0.2, 0.25) is 5.91 Å². The second-order valence-corrected chi connectivity index (χ2v) is 4.25. The number of nitrogens with zero attached hydrogens (tertiary/aromatic N) is 1. The van der Waals surface area contributed by atoms with Gasteiger partial charge < -0.3 is 11.1 Å². The molecule has 3 N–H and O–H groups in total. The molecule has 0 unspecified atom stereocenters. The van der Waals surface area contributed by atoms with Crippen LogP contribution in [0.3, 0.4) is 0 Å². The van der Waals surface area contributed by atoms with Crippen LogP contribution in [0, 0.1) is 11.3 Å². The van der Waals surface area contributed by atoms with Crippen molar-refractivity contribution in [1.29, 1.82) is 5.26 Å². The number of rotatable bonds is 4. The molecule has 0 heterocycles. The summed E-state index contributed by atoms with van der Waals surface area (Å²) in [6.45, 7) is 1.82. The van der Waals surface area contributed by atoms with Crippen LogP contribution in [0.4, 0.5) is 18.9 Å². The number of anilines is 1. The monoisotopic (exact) mass is 285 g/mol. The van der Waals surface area contributed by atoms with Crippen molar-refractivity contribution in [3.05, 3.63) is 29.3 Å². The Morgan fingerprint density at radius 2 is 2.15 bits per heavy atom. The van der Waals surface area contributed by atoms with Crippen LogP contribution in [0.25, 0.3) is 0 Å². The van der Waals surface area contributed by atoms with Gasteiger partial charge >= 0.3 is 6.18 Å². The standard InChI is InChI=1S/C13H14F3N3O/c1-2-3-10(18)12(20)19-11-5-4-8(7-17)6-9(11)13(14,15)16/h4-6,10H,2-3,18H2,1H3,(H,19,20)/t10-/m0/s1. The highest BCUT2D eigenvalue weighted by Gasteiger charge is 2.34. The summed E-state index contributed by atoms with van der Waals surface area (Å²) in [5, 5.41) is 10.8. The predicted molar refractivity (Wildman–Crippen MR) is 67.7 cm³/mol.